The van der Waals surface area contributed by atoms with Crippen molar-refractivity contribution in [2.75, 3.05) is 40.4 Å². The number of methoxy groups -OCH3 is 2. The lowest BCUT2D eigenvalue weighted by atomic mass is 9.70. The lowest BCUT2D eigenvalue weighted by Crippen LogP contribution is -2.67. The molecule has 6 fully saturated rings. The van der Waals surface area contributed by atoms with Crippen molar-refractivity contribution in [3.05, 3.63) is 131 Å². The zero-order valence-electron chi connectivity index (χ0n) is 36.5. The van der Waals surface area contributed by atoms with Crippen molar-refractivity contribution >= 4 is 21.8 Å². The molecule has 8 heteroatoms. The Morgan fingerprint density at radius 2 is 1.05 bits per heavy atom. The molecule has 4 bridgehead atoms. The van der Waals surface area contributed by atoms with Gasteiger partial charge in [0.1, 0.15) is 48.9 Å². The van der Waals surface area contributed by atoms with Crippen molar-refractivity contribution in [1.82, 2.24) is 9.97 Å². The fourth-order valence-electron chi connectivity index (χ4n) is 12.8. The fraction of sp³-hybridized carbons (Fsp3) is 0.462. The molecule has 6 aliphatic rings. The Kier molecular flexibility index (Phi) is 10.7. The summed E-state index contributed by atoms with van der Waals surface area (Å²) in [6.07, 6.45) is 11.0. The van der Waals surface area contributed by atoms with Gasteiger partial charge in [0.2, 0.25) is 0 Å². The van der Waals surface area contributed by atoms with Crippen molar-refractivity contribution in [3.63, 3.8) is 0 Å². The van der Waals surface area contributed by atoms with E-state index in [9.17, 15) is 10.2 Å². The highest BCUT2D eigenvalue weighted by Crippen LogP contribution is 2.51. The molecule has 6 aliphatic heterocycles. The molecule has 10 atom stereocenters. The molecule has 3 aromatic carbocycles. The highest BCUT2D eigenvalue weighted by Gasteiger charge is 2.56. The van der Waals surface area contributed by atoms with Crippen molar-refractivity contribution in [3.8, 4) is 11.5 Å². The van der Waals surface area contributed by atoms with Gasteiger partial charge in [0.05, 0.1) is 51.4 Å². The van der Waals surface area contributed by atoms with Crippen LogP contribution in [0.5, 0.6) is 11.5 Å². The van der Waals surface area contributed by atoms with Crippen molar-refractivity contribution < 1.29 is 28.7 Å². The number of nitrogens with zero attached hydrogens (tertiary/aromatic N) is 4. The van der Waals surface area contributed by atoms with E-state index >= 15 is 0 Å². The average Bonchev–Trinajstić information content (AvgIpc) is 3.29. The number of hydrogen-bond donors (Lipinski definition) is 2. The third kappa shape index (κ3) is 6.57. The molecule has 0 aliphatic carbocycles. The Morgan fingerprint density at radius 1 is 0.650 bits per heavy atom. The van der Waals surface area contributed by atoms with Crippen LogP contribution in [0.2, 0.25) is 0 Å². The number of pyridine rings is 2. The van der Waals surface area contributed by atoms with Crippen LogP contribution < -0.4 is 9.47 Å². The predicted octanol–water partition coefficient (Wildman–Crippen LogP) is 9.32. The topological polar surface area (TPSA) is 84.7 Å². The monoisotopic (exact) mass is 808 g/mol. The Balaban J connectivity index is 1.09. The molecule has 8 heterocycles. The highest BCUT2D eigenvalue weighted by atomic mass is 16.5. The standard InChI is InChI=1S/C52H64N4O4/c1-9-35-27-55(21-17-37(35)23-49(55)51(57)41-15-19-53-47-13-11-39(59-7)25-43(41)47)29-45-31(3)33(5)46(34(6)32(45)4)30-56-22-18-38(36(10-2)28-56)24-50(56)52(58)42-16-20-54-48-14-12-40(60-8)26-44(42)48/h9-16,19-20,25-26,35-38,49-52,57-58H,1-2,17-18,21-24,27-30H2,3-8H3/q+2/t35-,36-,37-,38-,49-,50-,51+,52+,55-,56-/m0/s1. The second kappa shape index (κ2) is 15.7. The summed E-state index contributed by atoms with van der Waals surface area (Å²) in [5.41, 5.74) is 11.9. The maximum Gasteiger partial charge on any atom is 0.131 e. The summed E-state index contributed by atoms with van der Waals surface area (Å²) in [6, 6.07) is 16.1. The number of hydrogen-bond acceptors (Lipinski definition) is 6. The van der Waals surface area contributed by atoms with E-state index in [-0.39, 0.29) is 12.1 Å². The first-order valence-electron chi connectivity index (χ1n) is 22.2. The van der Waals surface area contributed by atoms with Crippen molar-refractivity contribution in [2.45, 2.75) is 90.8 Å². The van der Waals surface area contributed by atoms with Gasteiger partial charge in [-0.15, -0.1) is 13.2 Å². The highest BCUT2D eigenvalue weighted by molar-refractivity contribution is 5.84. The van der Waals surface area contributed by atoms with Gasteiger partial charge >= 0.3 is 0 Å². The van der Waals surface area contributed by atoms with Gasteiger partial charge in [0.15, 0.2) is 0 Å². The first-order chi connectivity index (χ1) is 28.9. The van der Waals surface area contributed by atoms with Crippen LogP contribution >= 0.6 is 0 Å². The van der Waals surface area contributed by atoms with Crippen LogP contribution in [0.25, 0.3) is 21.8 Å². The number of aliphatic hydroxyl groups is 2. The lowest BCUT2D eigenvalue weighted by Gasteiger charge is -2.59. The number of piperidine rings is 6. The minimum Gasteiger partial charge on any atom is -0.497 e. The first-order valence-corrected chi connectivity index (χ1v) is 22.2. The van der Waals surface area contributed by atoms with E-state index in [1.54, 1.807) is 14.2 Å². The Bertz CT molecular complexity index is 2280. The molecule has 2 N–H and O–H groups in total. The van der Waals surface area contributed by atoms with Gasteiger partial charge in [-0.3, -0.25) is 9.97 Å². The molecule has 60 heavy (non-hydrogen) atoms. The summed E-state index contributed by atoms with van der Waals surface area (Å²) >= 11 is 0. The van der Waals surface area contributed by atoms with Gasteiger partial charge in [0.25, 0.3) is 0 Å². The van der Waals surface area contributed by atoms with Crippen LogP contribution in [0.3, 0.4) is 0 Å². The Hall–Kier alpha value is -4.60. The Morgan fingerprint density at radius 3 is 1.42 bits per heavy atom. The van der Waals surface area contributed by atoms with E-state index in [0.29, 0.717) is 23.7 Å². The van der Waals surface area contributed by atoms with Crippen LogP contribution in [0.4, 0.5) is 0 Å². The number of rotatable bonds is 12. The van der Waals surface area contributed by atoms with E-state index in [2.05, 4.69) is 63.0 Å². The molecule has 8 nitrogen and oxygen atoms in total. The minimum atomic E-state index is -0.643. The molecule has 11 rings (SSSR count). The van der Waals surface area contributed by atoms with Crippen LogP contribution in [0.1, 0.15) is 82.4 Å². The maximum atomic E-state index is 12.6. The molecule has 2 aromatic heterocycles. The molecule has 6 saturated heterocycles. The molecule has 5 aromatic rings. The molecular weight excluding hydrogens is 745 g/mol. The number of aromatic nitrogens is 2. The molecule has 0 amide bonds. The second-order valence-corrected chi connectivity index (χ2v) is 19.0. The molecule has 0 unspecified atom stereocenters. The van der Waals surface area contributed by atoms with E-state index in [0.717, 1.165) is 118 Å². The van der Waals surface area contributed by atoms with Gasteiger partial charge in [0, 0.05) is 71.8 Å². The summed E-state index contributed by atoms with van der Waals surface area (Å²) in [7, 11) is 3.38. The van der Waals surface area contributed by atoms with Crippen LogP contribution in [-0.2, 0) is 13.1 Å². The van der Waals surface area contributed by atoms with Gasteiger partial charge in [-0.2, -0.15) is 0 Å². The molecule has 0 saturated carbocycles. The van der Waals surface area contributed by atoms with Crippen LogP contribution in [0, 0.1) is 51.4 Å². The quantitative estimate of drug-likeness (QED) is 0.0966. The summed E-state index contributed by atoms with van der Waals surface area (Å²) < 4.78 is 12.9. The van der Waals surface area contributed by atoms with E-state index in [1.165, 1.54) is 33.4 Å². The molecular formula is C52H64N4O4+2. The molecule has 0 radical (unpaired) electrons. The van der Waals surface area contributed by atoms with Gasteiger partial charge in [-0.1, -0.05) is 12.2 Å². The van der Waals surface area contributed by atoms with E-state index < -0.39 is 12.2 Å². The normalized spacial score (nSPS) is 29.4. The zero-order chi connectivity index (χ0) is 42.1. The summed E-state index contributed by atoms with van der Waals surface area (Å²) in [6.45, 7) is 23.8. The smallest absolute Gasteiger partial charge is 0.131 e. The SMILES string of the molecule is C=C[C@H]1C[N@+]2(Cc3c(C)c(C)c(C[N@@+]45CC[C@@H](C[C@H]4[C@H](O)c4ccnc6ccc(OC)cc46)[C@@H](C=C)C5)c(C)c3C)CC[C@H]1C[C@H]2[C@H](O)c1ccnc2ccc(OC)cc12. The fourth-order valence-corrected chi connectivity index (χ4v) is 12.8. The average molecular weight is 809 g/mol. The molecule has 0 spiro atoms. The van der Waals surface area contributed by atoms with E-state index in [4.69, 9.17) is 9.47 Å². The van der Waals surface area contributed by atoms with Crippen molar-refractivity contribution in [2.24, 2.45) is 23.7 Å². The van der Waals surface area contributed by atoms with Gasteiger partial charge in [-0.05, 0) is 121 Å². The van der Waals surface area contributed by atoms with Gasteiger partial charge < -0.3 is 28.7 Å². The summed E-state index contributed by atoms with van der Waals surface area (Å²) in [5.74, 6) is 3.45. The number of fused-ring (bicyclic) bond motifs is 8. The van der Waals surface area contributed by atoms with Crippen LogP contribution in [0.15, 0.2) is 86.2 Å². The second-order valence-electron chi connectivity index (χ2n) is 19.0. The Labute approximate surface area is 356 Å². The summed E-state index contributed by atoms with van der Waals surface area (Å²) in [4.78, 5) is 9.31. The number of benzene rings is 3. The lowest BCUT2D eigenvalue weighted by molar-refractivity contribution is -0.985. The first kappa shape index (κ1) is 40.8. The van der Waals surface area contributed by atoms with Crippen molar-refractivity contribution in [1.29, 1.82) is 0 Å². The zero-order valence-corrected chi connectivity index (χ0v) is 36.5. The number of aliphatic hydroxyl groups excluding tert-OH is 2. The molecule has 314 valence electrons. The number of quaternary nitrogens is 2. The third-order valence-electron chi connectivity index (χ3n) is 16.6. The third-order valence-corrected chi connectivity index (χ3v) is 16.6. The van der Waals surface area contributed by atoms with E-state index in [1.807, 2.05) is 60.9 Å². The van der Waals surface area contributed by atoms with Gasteiger partial charge in [-0.25, -0.2) is 0 Å². The predicted molar refractivity (Wildman–Crippen MR) is 240 cm³/mol. The minimum absolute atomic E-state index is 0.0473. The summed E-state index contributed by atoms with van der Waals surface area (Å²) in [5, 5.41) is 27.1. The maximum absolute atomic E-state index is 12.6. The number of ether oxygens (including phenoxy) is 2. The van der Waals surface area contributed by atoms with Crippen LogP contribution in [-0.4, -0.2) is 81.6 Å². The largest absolute Gasteiger partial charge is 0.497 e.